The first-order valence-electron chi connectivity index (χ1n) is 14.2. The van der Waals surface area contributed by atoms with Gasteiger partial charge < -0.3 is 14.2 Å². The molecule has 15 heteroatoms. The molecule has 0 atom stereocenters. The maximum Gasteiger partial charge on any atom is 0.471 e. The highest BCUT2D eigenvalue weighted by molar-refractivity contribution is 5.56. The number of nitrogens with zero attached hydrogens (tertiary/aromatic N) is 2. The lowest BCUT2D eigenvalue weighted by Crippen LogP contribution is -2.68. The van der Waals surface area contributed by atoms with E-state index in [9.17, 15) is 43.9 Å². The molecule has 2 aromatic rings. The minimum absolute atomic E-state index is 0.000786. The molecule has 1 heterocycles. The monoisotopic (exact) mass is 650 g/mol. The number of hydrogen-bond donors (Lipinski definition) is 0. The van der Waals surface area contributed by atoms with Gasteiger partial charge in [0.2, 0.25) is 0 Å². The number of aryl methyl sites for hydroxylation is 1. The Morgan fingerprint density at radius 2 is 1.14 bits per heavy atom. The van der Waals surface area contributed by atoms with Crippen molar-refractivity contribution in [1.29, 1.82) is 0 Å². The van der Waals surface area contributed by atoms with Gasteiger partial charge in [0.15, 0.2) is 5.82 Å². The van der Waals surface area contributed by atoms with E-state index >= 15 is 0 Å². The molecule has 0 bridgehead atoms. The Bertz CT molecular complexity index is 1120. The van der Waals surface area contributed by atoms with Crippen LogP contribution >= 0.6 is 0 Å². The van der Waals surface area contributed by atoms with Crippen LogP contribution in [0.1, 0.15) is 70.8 Å². The predicted octanol–water partition coefficient (Wildman–Crippen LogP) is 9.35. The van der Waals surface area contributed by atoms with Crippen LogP contribution < -0.4 is 4.74 Å². The third-order valence-electron chi connectivity index (χ3n) is 6.56. The first-order valence-corrected chi connectivity index (χ1v) is 14.2. The van der Waals surface area contributed by atoms with E-state index in [2.05, 4.69) is 26.4 Å². The molecule has 0 unspecified atom stereocenters. The Labute approximate surface area is 249 Å². The maximum absolute atomic E-state index is 14.3. The van der Waals surface area contributed by atoms with Gasteiger partial charge in [0.05, 0.1) is 13.2 Å². The van der Waals surface area contributed by atoms with E-state index in [0.29, 0.717) is 25.0 Å². The van der Waals surface area contributed by atoms with E-state index in [-0.39, 0.29) is 18.0 Å². The lowest BCUT2D eigenvalue weighted by molar-refractivity contribution is -0.462. The molecule has 5 nitrogen and oxygen atoms in total. The SMILES string of the molecule is CCCCCCCCc1cnc(-c2ccc(OC(F)(F)C(F)(F)C(F)(F)C(F)(F)C(F)(F)OCCOCCCC)cc2)nc1. The molecule has 0 aliphatic heterocycles. The van der Waals surface area contributed by atoms with Crippen LogP contribution in [-0.2, 0) is 15.9 Å². The lowest BCUT2D eigenvalue weighted by Gasteiger charge is -2.38. The summed E-state index contributed by atoms with van der Waals surface area (Å²) in [6.45, 7) is 1.70. The fraction of sp³-hybridized carbons (Fsp3) is 0.655. The third-order valence-corrected chi connectivity index (χ3v) is 6.56. The largest absolute Gasteiger partial charge is 0.471 e. The van der Waals surface area contributed by atoms with Crippen LogP contribution in [0, 0.1) is 0 Å². The highest BCUT2D eigenvalue weighted by Crippen LogP contribution is 2.57. The molecule has 0 amide bonds. The Hall–Kier alpha value is -2.68. The van der Waals surface area contributed by atoms with E-state index in [1.165, 1.54) is 6.42 Å². The molecule has 0 aliphatic rings. The standard InChI is InChI=1S/C29H36F10N2O3/c1-3-5-7-8-9-10-11-21-19-40-24(41-20-21)22-12-14-23(15-13-22)44-29(38,39)27(34,35)25(30,31)26(32,33)28(36,37)43-18-17-42-16-6-4-2/h12-15,19-20H,3-11,16-18H2,1-2H3. The summed E-state index contributed by atoms with van der Waals surface area (Å²) in [5.41, 5.74) is 1.05. The summed E-state index contributed by atoms with van der Waals surface area (Å²) >= 11 is 0. The van der Waals surface area contributed by atoms with Crippen molar-refractivity contribution in [3.05, 3.63) is 42.2 Å². The number of alkyl halides is 10. The van der Waals surface area contributed by atoms with Crippen molar-refractivity contribution in [3.63, 3.8) is 0 Å². The Balaban J connectivity index is 2.06. The molecule has 0 N–H and O–H groups in total. The molecular formula is C29H36F10N2O3. The normalized spacial score (nSPS) is 13.4. The molecule has 0 fully saturated rings. The highest BCUT2D eigenvalue weighted by Gasteiger charge is 2.88. The van der Waals surface area contributed by atoms with Crippen molar-refractivity contribution in [2.75, 3.05) is 19.8 Å². The zero-order valence-electron chi connectivity index (χ0n) is 24.3. The van der Waals surface area contributed by atoms with Crippen LogP contribution in [0.4, 0.5) is 43.9 Å². The molecule has 1 aromatic heterocycles. The molecule has 2 rings (SSSR count). The van der Waals surface area contributed by atoms with Gasteiger partial charge in [0, 0.05) is 24.6 Å². The topological polar surface area (TPSA) is 53.5 Å². The Morgan fingerprint density at radius 1 is 0.591 bits per heavy atom. The second-order valence-corrected chi connectivity index (χ2v) is 10.1. The van der Waals surface area contributed by atoms with Crippen LogP contribution in [0.25, 0.3) is 11.4 Å². The molecule has 0 spiro atoms. The molecule has 250 valence electrons. The van der Waals surface area contributed by atoms with Crippen LogP contribution in [-0.4, -0.2) is 59.8 Å². The van der Waals surface area contributed by atoms with Gasteiger partial charge in [0.25, 0.3) is 0 Å². The van der Waals surface area contributed by atoms with Crippen molar-refractivity contribution in [1.82, 2.24) is 9.97 Å². The second-order valence-electron chi connectivity index (χ2n) is 10.1. The van der Waals surface area contributed by atoms with Crippen LogP contribution in [0.3, 0.4) is 0 Å². The Morgan fingerprint density at radius 3 is 1.73 bits per heavy atom. The minimum atomic E-state index is -7.33. The van der Waals surface area contributed by atoms with Gasteiger partial charge >= 0.3 is 30.0 Å². The van der Waals surface area contributed by atoms with E-state index in [1.807, 2.05) is 0 Å². The van der Waals surface area contributed by atoms with Gasteiger partial charge in [-0.1, -0.05) is 52.4 Å². The average Bonchev–Trinajstić information content (AvgIpc) is 2.97. The van der Waals surface area contributed by atoms with E-state index in [1.54, 1.807) is 19.3 Å². The van der Waals surface area contributed by atoms with Gasteiger partial charge in [-0.05, 0) is 49.1 Å². The minimum Gasteiger partial charge on any atom is -0.428 e. The fourth-order valence-corrected chi connectivity index (χ4v) is 3.86. The molecule has 44 heavy (non-hydrogen) atoms. The van der Waals surface area contributed by atoms with Crippen LogP contribution in [0.15, 0.2) is 36.7 Å². The zero-order chi connectivity index (χ0) is 33.1. The van der Waals surface area contributed by atoms with Crippen molar-refractivity contribution in [2.45, 2.75) is 102 Å². The molecule has 0 radical (unpaired) electrons. The van der Waals surface area contributed by atoms with Crippen molar-refractivity contribution >= 4 is 0 Å². The zero-order valence-corrected chi connectivity index (χ0v) is 24.3. The smallest absolute Gasteiger partial charge is 0.428 e. The Kier molecular flexibility index (Phi) is 13.7. The number of hydrogen-bond acceptors (Lipinski definition) is 5. The van der Waals surface area contributed by atoms with Crippen molar-refractivity contribution < 1.29 is 58.1 Å². The molecule has 0 saturated heterocycles. The summed E-state index contributed by atoms with van der Waals surface area (Å²) in [4.78, 5) is 8.30. The van der Waals surface area contributed by atoms with Gasteiger partial charge in [-0.25, -0.2) is 9.97 Å². The average molecular weight is 651 g/mol. The highest BCUT2D eigenvalue weighted by atomic mass is 19.4. The summed E-state index contributed by atoms with van der Waals surface area (Å²) < 4.78 is 153. The summed E-state index contributed by atoms with van der Waals surface area (Å²) in [6, 6.07) is 3.37. The van der Waals surface area contributed by atoms with Crippen molar-refractivity contribution in [3.8, 4) is 17.1 Å². The quantitative estimate of drug-likeness (QED) is 0.0996. The van der Waals surface area contributed by atoms with Gasteiger partial charge in [-0.15, -0.1) is 0 Å². The third kappa shape index (κ3) is 9.18. The second kappa shape index (κ2) is 16.1. The van der Waals surface area contributed by atoms with Crippen LogP contribution in [0.5, 0.6) is 5.75 Å². The summed E-state index contributed by atoms with van der Waals surface area (Å²) in [5, 5.41) is 0. The number of halogens is 10. The van der Waals surface area contributed by atoms with Gasteiger partial charge in [-0.3, -0.25) is 0 Å². The molecule has 0 saturated carbocycles. The first kappa shape index (κ1) is 37.5. The summed E-state index contributed by atoms with van der Waals surface area (Å²) in [5.74, 6) is -22.6. The molecule has 0 aliphatic carbocycles. The van der Waals surface area contributed by atoms with E-state index in [0.717, 1.165) is 56.2 Å². The lowest BCUT2D eigenvalue weighted by atomic mass is 10.0. The number of rotatable bonds is 21. The number of ether oxygens (including phenoxy) is 3. The van der Waals surface area contributed by atoms with E-state index < -0.39 is 48.9 Å². The van der Waals surface area contributed by atoms with Crippen LogP contribution in [0.2, 0.25) is 0 Å². The number of benzene rings is 1. The maximum atomic E-state index is 14.3. The number of unbranched alkanes of at least 4 members (excludes halogenated alkanes) is 6. The van der Waals surface area contributed by atoms with Gasteiger partial charge in [-0.2, -0.15) is 43.9 Å². The first-order chi connectivity index (χ1) is 20.5. The van der Waals surface area contributed by atoms with Crippen molar-refractivity contribution in [2.24, 2.45) is 0 Å². The van der Waals surface area contributed by atoms with E-state index in [4.69, 9.17) is 4.74 Å². The fourth-order valence-electron chi connectivity index (χ4n) is 3.86. The summed E-state index contributed by atoms with van der Waals surface area (Å²) in [7, 11) is 0. The molecular weight excluding hydrogens is 614 g/mol. The summed E-state index contributed by atoms with van der Waals surface area (Å²) in [6.07, 6.45) is -1.16. The molecule has 1 aromatic carbocycles. The predicted molar refractivity (Wildman–Crippen MR) is 142 cm³/mol. The van der Waals surface area contributed by atoms with Gasteiger partial charge in [0.1, 0.15) is 5.75 Å². The number of aromatic nitrogens is 2.